The summed E-state index contributed by atoms with van der Waals surface area (Å²) in [5.41, 5.74) is 5.09. The average molecular weight is 367 g/mol. The Kier molecular flexibility index (Phi) is 4.01. The number of carbonyl (C=O) groups is 1. The molecule has 0 bridgehead atoms. The van der Waals surface area contributed by atoms with Crippen LogP contribution in [0, 0.1) is 5.92 Å². The maximum absolute atomic E-state index is 13.9. The third-order valence-electron chi connectivity index (χ3n) is 5.76. The molecule has 0 saturated carbocycles. The highest BCUT2D eigenvalue weighted by Gasteiger charge is 2.43. The topological polar surface area (TPSA) is 29.5 Å². The van der Waals surface area contributed by atoms with Crippen molar-refractivity contribution >= 4 is 17.3 Å². The molecule has 0 unspecified atom stereocenters. The molecule has 3 nitrogen and oxygen atoms in total. The zero-order valence-electron chi connectivity index (χ0n) is 15.7. The van der Waals surface area contributed by atoms with Crippen LogP contribution < -0.4 is 9.64 Å². The van der Waals surface area contributed by atoms with Gasteiger partial charge in [0.15, 0.2) is 0 Å². The van der Waals surface area contributed by atoms with Crippen LogP contribution >= 0.6 is 0 Å². The fraction of sp³-hybridized carbons (Fsp3) is 0.160. The molecule has 0 N–H and O–H groups in total. The summed E-state index contributed by atoms with van der Waals surface area (Å²) in [4.78, 5) is 15.7. The van der Waals surface area contributed by atoms with Crippen LogP contribution in [-0.2, 0) is 4.79 Å². The van der Waals surface area contributed by atoms with Gasteiger partial charge in [-0.25, -0.2) is 0 Å². The number of anilines is 1. The van der Waals surface area contributed by atoms with Crippen molar-refractivity contribution in [1.29, 1.82) is 0 Å². The Morgan fingerprint density at radius 2 is 1.50 bits per heavy atom. The summed E-state index contributed by atoms with van der Waals surface area (Å²) in [5.74, 6) is 0.785. The lowest BCUT2D eigenvalue weighted by Crippen LogP contribution is -2.44. The summed E-state index contributed by atoms with van der Waals surface area (Å²) < 4.78 is 6.07. The van der Waals surface area contributed by atoms with E-state index in [0.717, 1.165) is 28.3 Å². The van der Waals surface area contributed by atoms with Crippen LogP contribution in [0.25, 0.3) is 5.70 Å². The number of benzene rings is 3. The van der Waals surface area contributed by atoms with Gasteiger partial charge in [-0.1, -0.05) is 67.6 Å². The molecule has 3 heteroatoms. The third-order valence-corrected chi connectivity index (χ3v) is 5.76. The number of ether oxygens (including phenoxy) is 1. The van der Waals surface area contributed by atoms with E-state index in [-0.39, 0.29) is 17.7 Å². The van der Waals surface area contributed by atoms with E-state index >= 15 is 0 Å². The number of carbonyl (C=O) groups excluding carboxylic acids is 1. The second-order valence-electron chi connectivity index (χ2n) is 7.34. The van der Waals surface area contributed by atoms with Gasteiger partial charge in [0.1, 0.15) is 12.4 Å². The molecule has 3 aromatic carbocycles. The van der Waals surface area contributed by atoms with Gasteiger partial charge in [0, 0.05) is 11.3 Å². The van der Waals surface area contributed by atoms with Gasteiger partial charge in [0.25, 0.3) is 0 Å². The molecule has 2 aliphatic rings. The van der Waals surface area contributed by atoms with Crippen molar-refractivity contribution < 1.29 is 9.53 Å². The molecular weight excluding hydrogens is 346 g/mol. The highest BCUT2D eigenvalue weighted by molar-refractivity contribution is 6.12. The summed E-state index contributed by atoms with van der Waals surface area (Å²) in [6, 6.07) is 28.0. The first-order chi connectivity index (χ1) is 13.8. The highest BCUT2D eigenvalue weighted by Crippen LogP contribution is 2.48. The van der Waals surface area contributed by atoms with E-state index < -0.39 is 0 Å². The van der Waals surface area contributed by atoms with Crippen molar-refractivity contribution in [3.8, 4) is 5.75 Å². The number of amides is 1. The summed E-state index contributed by atoms with van der Waals surface area (Å²) in [6.45, 7) is 2.65. The van der Waals surface area contributed by atoms with Crippen molar-refractivity contribution in [2.45, 2.75) is 12.8 Å². The smallest absolute Gasteiger partial charge is 0.239 e. The van der Waals surface area contributed by atoms with Crippen LogP contribution in [0.2, 0.25) is 0 Å². The maximum atomic E-state index is 13.9. The second-order valence-corrected chi connectivity index (χ2v) is 7.34. The molecule has 28 heavy (non-hydrogen) atoms. The lowest BCUT2D eigenvalue weighted by Gasteiger charge is -2.42. The SMILES string of the molecule is C[C@@H]1C2=C(c3ccccc3OC2)N(c2ccccc2)C(=O)[C@@H]1c1ccccc1. The molecule has 0 aliphatic carbocycles. The quantitative estimate of drug-likeness (QED) is 0.618. The van der Waals surface area contributed by atoms with Crippen molar-refractivity contribution in [3.63, 3.8) is 0 Å². The van der Waals surface area contributed by atoms with Gasteiger partial charge in [-0.2, -0.15) is 0 Å². The van der Waals surface area contributed by atoms with E-state index in [0.29, 0.717) is 6.61 Å². The Hall–Kier alpha value is -3.33. The predicted molar refractivity (Wildman–Crippen MR) is 111 cm³/mol. The van der Waals surface area contributed by atoms with Gasteiger partial charge in [-0.15, -0.1) is 0 Å². The van der Waals surface area contributed by atoms with Crippen molar-refractivity contribution in [3.05, 3.63) is 102 Å². The van der Waals surface area contributed by atoms with Crippen LogP contribution in [0.1, 0.15) is 24.0 Å². The second kappa shape index (κ2) is 6.68. The minimum Gasteiger partial charge on any atom is -0.488 e. The van der Waals surface area contributed by atoms with Crippen LogP contribution in [0.3, 0.4) is 0 Å². The fourth-order valence-electron chi connectivity index (χ4n) is 4.39. The lowest BCUT2D eigenvalue weighted by molar-refractivity contribution is -0.120. The van der Waals surface area contributed by atoms with E-state index in [2.05, 4.69) is 6.92 Å². The minimum absolute atomic E-state index is 0.0678. The van der Waals surface area contributed by atoms with Crippen molar-refractivity contribution in [2.24, 2.45) is 5.92 Å². The lowest BCUT2D eigenvalue weighted by atomic mass is 9.76. The zero-order valence-corrected chi connectivity index (χ0v) is 15.7. The van der Waals surface area contributed by atoms with E-state index in [4.69, 9.17) is 4.74 Å². The van der Waals surface area contributed by atoms with E-state index in [1.807, 2.05) is 89.8 Å². The molecule has 0 spiro atoms. The summed E-state index contributed by atoms with van der Waals surface area (Å²) in [6.07, 6.45) is 0. The normalized spacial score (nSPS) is 21.0. The van der Waals surface area contributed by atoms with Gasteiger partial charge in [0.2, 0.25) is 5.91 Å². The summed E-state index contributed by atoms with van der Waals surface area (Å²) >= 11 is 0. The third kappa shape index (κ3) is 2.55. The molecular formula is C25H21NO2. The van der Waals surface area contributed by atoms with E-state index in [1.54, 1.807) is 0 Å². The maximum Gasteiger partial charge on any atom is 0.239 e. The van der Waals surface area contributed by atoms with Crippen LogP contribution in [-0.4, -0.2) is 12.5 Å². The Morgan fingerprint density at radius 1 is 0.857 bits per heavy atom. The van der Waals surface area contributed by atoms with Crippen molar-refractivity contribution in [2.75, 3.05) is 11.5 Å². The van der Waals surface area contributed by atoms with E-state index in [1.165, 1.54) is 5.57 Å². The molecule has 3 aromatic rings. The van der Waals surface area contributed by atoms with E-state index in [9.17, 15) is 4.79 Å². The summed E-state index contributed by atoms with van der Waals surface area (Å²) in [5, 5.41) is 0. The van der Waals surface area contributed by atoms with Gasteiger partial charge >= 0.3 is 0 Å². The first kappa shape index (κ1) is 16.8. The molecule has 2 aliphatic heterocycles. The number of rotatable bonds is 2. The van der Waals surface area contributed by atoms with Gasteiger partial charge < -0.3 is 4.74 Å². The average Bonchev–Trinajstić information content (AvgIpc) is 2.75. The van der Waals surface area contributed by atoms with Gasteiger partial charge in [0.05, 0.1) is 11.6 Å². The first-order valence-electron chi connectivity index (χ1n) is 9.65. The molecule has 0 aromatic heterocycles. The zero-order chi connectivity index (χ0) is 19.1. The Balaban J connectivity index is 1.75. The molecule has 2 heterocycles. The number of para-hydroxylation sites is 2. The molecule has 1 amide bonds. The number of fused-ring (bicyclic) bond motifs is 2. The Bertz CT molecular complexity index is 1060. The summed E-state index contributed by atoms with van der Waals surface area (Å²) in [7, 11) is 0. The fourth-order valence-corrected chi connectivity index (χ4v) is 4.39. The number of hydrogen-bond acceptors (Lipinski definition) is 2. The molecule has 0 fully saturated rings. The van der Waals surface area contributed by atoms with Crippen LogP contribution in [0.5, 0.6) is 5.75 Å². The Morgan fingerprint density at radius 3 is 2.25 bits per heavy atom. The van der Waals surface area contributed by atoms with Crippen molar-refractivity contribution in [1.82, 2.24) is 0 Å². The first-order valence-corrected chi connectivity index (χ1v) is 9.65. The van der Waals surface area contributed by atoms with Crippen LogP contribution in [0.15, 0.2) is 90.5 Å². The predicted octanol–water partition coefficient (Wildman–Crippen LogP) is 5.26. The van der Waals surface area contributed by atoms with Gasteiger partial charge in [-0.3, -0.25) is 9.69 Å². The van der Waals surface area contributed by atoms with Crippen LogP contribution in [0.4, 0.5) is 5.69 Å². The monoisotopic (exact) mass is 367 g/mol. The Labute approximate surface area is 164 Å². The minimum atomic E-state index is -0.228. The number of hydrogen-bond donors (Lipinski definition) is 0. The highest BCUT2D eigenvalue weighted by atomic mass is 16.5. The largest absolute Gasteiger partial charge is 0.488 e. The molecule has 2 atom stereocenters. The molecule has 5 rings (SSSR count). The standard InChI is InChI=1S/C25H21NO2/c1-17-21-16-28-22-15-9-8-14-20(22)24(21)26(19-12-6-3-7-13-19)25(27)23(17)18-10-4-2-5-11-18/h2-15,17,23H,16H2,1H3/t17-,23+/m1/s1. The molecule has 0 radical (unpaired) electrons. The van der Waals surface area contributed by atoms with Gasteiger partial charge in [-0.05, 0) is 41.3 Å². The molecule has 0 saturated heterocycles. The molecule has 138 valence electrons. The number of nitrogens with zero attached hydrogens (tertiary/aromatic N) is 1.